The van der Waals surface area contributed by atoms with Crippen molar-refractivity contribution in [2.75, 3.05) is 12.4 Å². The zero-order chi connectivity index (χ0) is 16.1. The van der Waals surface area contributed by atoms with E-state index in [4.69, 9.17) is 4.74 Å². The Morgan fingerprint density at radius 2 is 2.00 bits per heavy atom. The van der Waals surface area contributed by atoms with E-state index in [1.807, 2.05) is 60.8 Å². The average Bonchev–Trinajstić information content (AvgIpc) is 3.10. The Labute approximate surface area is 134 Å². The van der Waals surface area contributed by atoms with Crippen molar-refractivity contribution in [1.29, 1.82) is 0 Å². The van der Waals surface area contributed by atoms with E-state index in [1.54, 1.807) is 18.0 Å². The predicted octanol–water partition coefficient (Wildman–Crippen LogP) is 3.06. The molecule has 5 heteroatoms. The van der Waals surface area contributed by atoms with E-state index in [0.717, 1.165) is 22.7 Å². The van der Waals surface area contributed by atoms with Crippen LogP contribution in [-0.2, 0) is 11.2 Å². The van der Waals surface area contributed by atoms with Crippen LogP contribution in [0.4, 0.5) is 5.69 Å². The lowest BCUT2D eigenvalue weighted by atomic mass is 10.1. The highest BCUT2D eigenvalue weighted by molar-refractivity contribution is 5.92. The first-order valence-electron chi connectivity index (χ1n) is 7.27. The number of nitrogens with zero attached hydrogens (tertiary/aromatic N) is 2. The Hall–Kier alpha value is -3.08. The lowest BCUT2D eigenvalue weighted by molar-refractivity contribution is -0.115. The molecule has 23 heavy (non-hydrogen) atoms. The summed E-state index contributed by atoms with van der Waals surface area (Å²) in [5.41, 5.74) is 2.58. The average molecular weight is 307 g/mol. The molecular formula is C18H17N3O2. The number of aromatic nitrogens is 2. The number of ether oxygens (including phenoxy) is 1. The van der Waals surface area contributed by atoms with Gasteiger partial charge >= 0.3 is 0 Å². The molecule has 0 unspecified atom stereocenters. The maximum atomic E-state index is 12.2. The fraction of sp³-hybridized carbons (Fsp3) is 0.111. The lowest BCUT2D eigenvalue weighted by Gasteiger charge is -2.08. The molecule has 116 valence electrons. The molecular weight excluding hydrogens is 290 g/mol. The van der Waals surface area contributed by atoms with E-state index >= 15 is 0 Å². The molecule has 5 nitrogen and oxygen atoms in total. The van der Waals surface area contributed by atoms with Crippen LogP contribution in [0.5, 0.6) is 5.75 Å². The van der Waals surface area contributed by atoms with Gasteiger partial charge in [-0.05, 0) is 42.0 Å². The van der Waals surface area contributed by atoms with Crippen LogP contribution in [0.25, 0.3) is 5.69 Å². The first-order chi connectivity index (χ1) is 11.2. The van der Waals surface area contributed by atoms with Gasteiger partial charge in [-0.25, -0.2) is 4.68 Å². The molecule has 0 fully saturated rings. The third-order valence-electron chi connectivity index (χ3n) is 3.42. The van der Waals surface area contributed by atoms with Gasteiger partial charge in [-0.15, -0.1) is 0 Å². The number of rotatable bonds is 5. The van der Waals surface area contributed by atoms with Gasteiger partial charge in [0, 0.05) is 18.1 Å². The summed E-state index contributed by atoms with van der Waals surface area (Å²) < 4.78 is 6.86. The van der Waals surface area contributed by atoms with Gasteiger partial charge in [0.25, 0.3) is 0 Å². The number of hydrogen-bond acceptors (Lipinski definition) is 3. The molecule has 2 aromatic carbocycles. The number of carbonyl (C=O) groups is 1. The van der Waals surface area contributed by atoms with Crippen LogP contribution >= 0.6 is 0 Å². The number of carbonyl (C=O) groups excluding carboxylic acids is 1. The van der Waals surface area contributed by atoms with Crippen molar-refractivity contribution in [3.8, 4) is 11.4 Å². The first kappa shape index (κ1) is 14.8. The molecule has 1 aromatic heterocycles. The summed E-state index contributed by atoms with van der Waals surface area (Å²) >= 11 is 0. The maximum Gasteiger partial charge on any atom is 0.228 e. The summed E-state index contributed by atoms with van der Waals surface area (Å²) in [6.45, 7) is 0. The summed E-state index contributed by atoms with van der Waals surface area (Å²) in [6.07, 6.45) is 3.89. The van der Waals surface area contributed by atoms with Crippen LogP contribution < -0.4 is 10.1 Å². The topological polar surface area (TPSA) is 56.1 Å². The fourth-order valence-electron chi connectivity index (χ4n) is 2.28. The van der Waals surface area contributed by atoms with Gasteiger partial charge in [-0.3, -0.25) is 4.79 Å². The van der Waals surface area contributed by atoms with Crippen LogP contribution in [0.1, 0.15) is 5.56 Å². The van der Waals surface area contributed by atoms with E-state index in [0.29, 0.717) is 6.42 Å². The minimum absolute atomic E-state index is 0.0622. The van der Waals surface area contributed by atoms with Gasteiger partial charge in [0.2, 0.25) is 5.91 Å². The third kappa shape index (κ3) is 3.77. The maximum absolute atomic E-state index is 12.2. The monoisotopic (exact) mass is 307 g/mol. The minimum atomic E-state index is -0.0622. The van der Waals surface area contributed by atoms with Crippen molar-refractivity contribution in [3.05, 3.63) is 72.6 Å². The molecule has 3 rings (SSSR count). The van der Waals surface area contributed by atoms with Crippen LogP contribution in [-0.4, -0.2) is 22.8 Å². The number of methoxy groups -OCH3 is 1. The van der Waals surface area contributed by atoms with Crippen LogP contribution in [0.15, 0.2) is 67.0 Å². The summed E-state index contributed by atoms with van der Waals surface area (Å²) in [6, 6.07) is 16.9. The van der Waals surface area contributed by atoms with Crippen molar-refractivity contribution >= 4 is 11.6 Å². The zero-order valence-corrected chi connectivity index (χ0v) is 12.8. The van der Waals surface area contributed by atoms with Gasteiger partial charge in [0.15, 0.2) is 0 Å². The van der Waals surface area contributed by atoms with Gasteiger partial charge in [-0.2, -0.15) is 5.10 Å². The van der Waals surface area contributed by atoms with Crippen molar-refractivity contribution in [1.82, 2.24) is 9.78 Å². The molecule has 0 spiro atoms. The molecule has 0 aliphatic heterocycles. The van der Waals surface area contributed by atoms with Crippen molar-refractivity contribution in [3.63, 3.8) is 0 Å². The SMILES string of the molecule is COc1ccc(CC(=O)Nc2cccc(-n3cccn3)c2)cc1. The number of amides is 1. The van der Waals surface area contributed by atoms with E-state index in [-0.39, 0.29) is 5.91 Å². The Bertz CT molecular complexity index is 780. The summed E-state index contributed by atoms with van der Waals surface area (Å²) in [7, 11) is 1.62. The molecule has 0 aliphatic carbocycles. The quantitative estimate of drug-likeness (QED) is 0.788. The molecule has 1 N–H and O–H groups in total. The van der Waals surface area contributed by atoms with Gasteiger partial charge in [0.05, 0.1) is 19.2 Å². The highest BCUT2D eigenvalue weighted by Gasteiger charge is 2.06. The smallest absolute Gasteiger partial charge is 0.228 e. The van der Waals surface area contributed by atoms with Crippen molar-refractivity contribution in [2.45, 2.75) is 6.42 Å². The summed E-state index contributed by atoms with van der Waals surface area (Å²) in [5.74, 6) is 0.717. The standard InChI is InChI=1S/C18H17N3O2/c1-23-17-8-6-14(7-9-17)12-18(22)20-15-4-2-5-16(13-15)21-11-3-10-19-21/h2-11,13H,12H2,1H3,(H,20,22). The van der Waals surface area contributed by atoms with Gasteiger partial charge in [-0.1, -0.05) is 18.2 Å². The Morgan fingerprint density at radius 1 is 1.17 bits per heavy atom. The molecule has 0 radical (unpaired) electrons. The second kappa shape index (κ2) is 6.79. The first-order valence-corrected chi connectivity index (χ1v) is 7.27. The Balaban J connectivity index is 1.66. The fourth-order valence-corrected chi connectivity index (χ4v) is 2.28. The number of nitrogens with one attached hydrogen (secondary N) is 1. The number of hydrogen-bond donors (Lipinski definition) is 1. The predicted molar refractivity (Wildman–Crippen MR) is 88.9 cm³/mol. The highest BCUT2D eigenvalue weighted by atomic mass is 16.5. The van der Waals surface area contributed by atoms with Crippen LogP contribution in [0, 0.1) is 0 Å². The highest BCUT2D eigenvalue weighted by Crippen LogP contribution is 2.15. The molecule has 1 heterocycles. The summed E-state index contributed by atoms with van der Waals surface area (Å²) in [4.78, 5) is 12.2. The molecule has 0 atom stereocenters. The molecule has 1 amide bonds. The normalized spacial score (nSPS) is 10.3. The zero-order valence-electron chi connectivity index (χ0n) is 12.8. The minimum Gasteiger partial charge on any atom is -0.497 e. The lowest BCUT2D eigenvalue weighted by Crippen LogP contribution is -2.14. The van der Waals surface area contributed by atoms with Crippen LogP contribution in [0.3, 0.4) is 0 Å². The van der Waals surface area contributed by atoms with Crippen molar-refractivity contribution < 1.29 is 9.53 Å². The number of benzene rings is 2. The molecule has 3 aromatic rings. The Kier molecular flexibility index (Phi) is 4.38. The second-order valence-electron chi connectivity index (χ2n) is 5.07. The van der Waals surface area contributed by atoms with Crippen molar-refractivity contribution in [2.24, 2.45) is 0 Å². The van der Waals surface area contributed by atoms with E-state index in [1.165, 1.54) is 0 Å². The molecule has 0 saturated carbocycles. The summed E-state index contributed by atoms with van der Waals surface area (Å²) in [5, 5.41) is 7.09. The second-order valence-corrected chi connectivity index (χ2v) is 5.07. The van der Waals surface area contributed by atoms with E-state index < -0.39 is 0 Å². The molecule has 0 saturated heterocycles. The number of anilines is 1. The van der Waals surface area contributed by atoms with Crippen LogP contribution in [0.2, 0.25) is 0 Å². The third-order valence-corrected chi connectivity index (χ3v) is 3.42. The Morgan fingerprint density at radius 3 is 2.70 bits per heavy atom. The molecule has 0 bridgehead atoms. The molecule has 0 aliphatic rings. The largest absolute Gasteiger partial charge is 0.497 e. The van der Waals surface area contributed by atoms with E-state index in [2.05, 4.69) is 10.4 Å². The van der Waals surface area contributed by atoms with Gasteiger partial charge in [0.1, 0.15) is 5.75 Å². The van der Waals surface area contributed by atoms with E-state index in [9.17, 15) is 4.79 Å². The van der Waals surface area contributed by atoms with Gasteiger partial charge < -0.3 is 10.1 Å².